The third kappa shape index (κ3) is 3.33. The summed E-state index contributed by atoms with van der Waals surface area (Å²) in [5.74, 6) is 0.855. The van der Waals surface area contributed by atoms with E-state index in [0.717, 1.165) is 26.9 Å². The van der Waals surface area contributed by atoms with Gasteiger partial charge in [0.05, 0.1) is 29.3 Å². The molecule has 0 spiro atoms. The van der Waals surface area contributed by atoms with Gasteiger partial charge in [0.25, 0.3) is 0 Å². The van der Waals surface area contributed by atoms with Crippen LogP contribution in [0.25, 0.3) is 0 Å². The number of thiazole rings is 1. The highest BCUT2D eigenvalue weighted by Gasteiger charge is 2.14. The van der Waals surface area contributed by atoms with Crippen LogP contribution in [0.3, 0.4) is 0 Å². The number of thiocarbonyl (C=S) groups is 1. The van der Waals surface area contributed by atoms with Crippen LogP contribution < -0.4 is 10.5 Å². The van der Waals surface area contributed by atoms with Crippen LogP contribution in [0.15, 0.2) is 24.3 Å². The summed E-state index contributed by atoms with van der Waals surface area (Å²) in [7, 11) is 3.29. The van der Waals surface area contributed by atoms with Gasteiger partial charge in [0, 0.05) is 19.1 Å². The lowest BCUT2D eigenvalue weighted by molar-refractivity contribution is 0.182. The number of methoxy groups -OCH3 is 2. The molecule has 2 aromatic rings. The van der Waals surface area contributed by atoms with Crippen molar-refractivity contribution in [3.63, 3.8) is 0 Å². The fourth-order valence-electron chi connectivity index (χ4n) is 1.92. The smallest absolute Gasteiger partial charge is 0.122 e. The van der Waals surface area contributed by atoms with E-state index in [1.807, 2.05) is 24.3 Å². The number of benzene rings is 1. The summed E-state index contributed by atoms with van der Waals surface area (Å²) in [6.07, 6.45) is 0.688. The zero-order chi connectivity index (χ0) is 14.5. The Morgan fingerprint density at radius 3 is 2.75 bits per heavy atom. The van der Waals surface area contributed by atoms with E-state index < -0.39 is 0 Å². The molecule has 0 saturated carbocycles. The van der Waals surface area contributed by atoms with Crippen molar-refractivity contribution in [2.24, 2.45) is 5.73 Å². The van der Waals surface area contributed by atoms with Gasteiger partial charge in [-0.3, -0.25) is 0 Å². The first-order valence-electron chi connectivity index (χ1n) is 6.05. The molecule has 0 amide bonds. The number of aromatic nitrogens is 1. The normalized spacial score (nSPS) is 10.5. The van der Waals surface area contributed by atoms with E-state index in [2.05, 4.69) is 4.98 Å². The van der Waals surface area contributed by atoms with E-state index in [1.165, 1.54) is 11.3 Å². The van der Waals surface area contributed by atoms with Crippen LogP contribution in [0.2, 0.25) is 0 Å². The Labute approximate surface area is 127 Å². The fourth-order valence-corrected chi connectivity index (χ4v) is 3.10. The topological polar surface area (TPSA) is 57.4 Å². The first-order valence-corrected chi connectivity index (χ1v) is 7.27. The van der Waals surface area contributed by atoms with Gasteiger partial charge in [0.2, 0.25) is 0 Å². The van der Waals surface area contributed by atoms with Crippen LogP contribution in [0.1, 0.15) is 21.1 Å². The van der Waals surface area contributed by atoms with Crippen molar-refractivity contribution < 1.29 is 9.47 Å². The van der Waals surface area contributed by atoms with E-state index >= 15 is 0 Å². The van der Waals surface area contributed by atoms with Crippen LogP contribution in [-0.4, -0.2) is 24.2 Å². The maximum Gasteiger partial charge on any atom is 0.122 e. The Morgan fingerprint density at radius 2 is 2.10 bits per heavy atom. The van der Waals surface area contributed by atoms with Gasteiger partial charge in [-0.2, -0.15) is 0 Å². The highest BCUT2D eigenvalue weighted by Crippen LogP contribution is 2.25. The maximum absolute atomic E-state index is 5.73. The summed E-state index contributed by atoms with van der Waals surface area (Å²) in [4.78, 5) is 5.75. The Bertz CT molecular complexity index is 611. The molecule has 106 valence electrons. The first kappa shape index (κ1) is 14.9. The number of ether oxygens (including phenoxy) is 2. The standard InChI is InChI=1S/C14H16N2O2S2/c1-17-8-10-13(14(15)19)20-12(16-10)7-9-5-3-4-6-11(9)18-2/h3-6H,7-8H2,1-2H3,(H2,15,19). The molecular formula is C14H16N2O2S2. The number of nitrogens with zero attached hydrogens (tertiary/aromatic N) is 1. The third-order valence-corrected chi connectivity index (χ3v) is 4.24. The molecular weight excluding hydrogens is 292 g/mol. The van der Waals surface area contributed by atoms with Crippen molar-refractivity contribution in [2.45, 2.75) is 13.0 Å². The minimum Gasteiger partial charge on any atom is -0.496 e. The van der Waals surface area contributed by atoms with Crippen LogP contribution in [0, 0.1) is 0 Å². The van der Waals surface area contributed by atoms with Crippen LogP contribution in [0.4, 0.5) is 0 Å². The number of hydrogen-bond acceptors (Lipinski definition) is 5. The monoisotopic (exact) mass is 308 g/mol. The van der Waals surface area contributed by atoms with E-state index in [0.29, 0.717) is 18.0 Å². The SMILES string of the molecule is COCc1nc(Cc2ccccc2OC)sc1C(N)=S. The molecule has 0 fully saturated rings. The average molecular weight is 308 g/mol. The first-order chi connectivity index (χ1) is 9.65. The van der Waals surface area contributed by atoms with Gasteiger partial charge in [-0.05, 0) is 6.07 Å². The van der Waals surface area contributed by atoms with Gasteiger partial charge < -0.3 is 15.2 Å². The van der Waals surface area contributed by atoms with Crippen molar-refractivity contribution in [2.75, 3.05) is 14.2 Å². The molecule has 20 heavy (non-hydrogen) atoms. The van der Waals surface area contributed by atoms with Crippen LogP contribution >= 0.6 is 23.6 Å². The molecule has 4 nitrogen and oxygen atoms in total. The number of rotatable bonds is 6. The molecule has 1 aromatic carbocycles. The number of hydrogen-bond donors (Lipinski definition) is 1. The summed E-state index contributed by atoms with van der Waals surface area (Å²) < 4.78 is 10.5. The average Bonchev–Trinajstić information content (AvgIpc) is 2.83. The van der Waals surface area contributed by atoms with Crippen molar-refractivity contribution in [1.29, 1.82) is 0 Å². The molecule has 1 aromatic heterocycles. The molecule has 0 unspecified atom stereocenters. The second kappa shape index (κ2) is 6.78. The molecule has 0 radical (unpaired) electrons. The molecule has 0 aliphatic rings. The Kier molecular flexibility index (Phi) is 5.05. The van der Waals surface area contributed by atoms with Gasteiger partial charge in [-0.25, -0.2) is 4.98 Å². The second-order valence-electron chi connectivity index (χ2n) is 4.17. The summed E-state index contributed by atoms with van der Waals surface area (Å²) in [5, 5.41) is 0.948. The lowest BCUT2D eigenvalue weighted by atomic mass is 10.1. The lowest BCUT2D eigenvalue weighted by Crippen LogP contribution is -2.10. The quantitative estimate of drug-likeness (QED) is 0.831. The zero-order valence-corrected chi connectivity index (χ0v) is 13.0. The molecule has 0 atom stereocenters. The van der Waals surface area contributed by atoms with E-state index in [4.69, 9.17) is 27.4 Å². The van der Waals surface area contributed by atoms with Crippen molar-refractivity contribution >= 4 is 28.5 Å². The minimum atomic E-state index is 0.362. The van der Waals surface area contributed by atoms with Gasteiger partial charge in [-0.1, -0.05) is 30.4 Å². The highest BCUT2D eigenvalue weighted by molar-refractivity contribution is 7.81. The van der Waals surface area contributed by atoms with E-state index in [-0.39, 0.29) is 0 Å². The molecule has 0 bridgehead atoms. The van der Waals surface area contributed by atoms with Gasteiger partial charge >= 0.3 is 0 Å². The Hall–Kier alpha value is -1.50. The number of para-hydroxylation sites is 1. The summed E-state index contributed by atoms with van der Waals surface area (Å²) in [5.41, 5.74) is 7.62. The summed E-state index contributed by atoms with van der Waals surface area (Å²) in [6, 6.07) is 7.89. The predicted octanol–water partition coefficient (Wildman–Crippen LogP) is 2.52. The molecule has 2 N–H and O–H groups in total. The molecule has 1 heterocycles. The second-order valence-corrected chi connectivity index (χ2v) is 5.69. The molecule has 0 aliphatic heterocycles. The van der Waals surface area contributed by atoms with Gasteiger partial charge in [0.15, 0.2) is 0 Å². The summed E-state index contributed by atoms with van der Waals surface area (Å²) >= 11 is 6.57. The van der Waals surface area contributed by atoms with Crippen molar-refractivity contribution in [1.82, 2.24) is 4.98 Å². The Balaban J connectivity index is 2.29. The maximum atomic E-state index is 5.73. The number of nitrogens with two attached hydrogens (primary N) is 1. The van der Waals surface area contributed by atoms with Crippen LogP contribution in [0.5, 0.6) is 5.75 Å². The molecule has 6 heteroatoms. The van der Waals surface area contributed by atoms with E-state index in [9.17, 15) is 0 Å². The fraction of sp³-hybridized carbons (Fsp3) is 0.286. The molecule has 0 aliphatic carbocycles. The minimum absolute atomic E-state index is 0.362. The molecule has 0 saturated heterocycles. The summed E-state index contributed by atoms with van der Waals surface area (Å²) in [6.45, 7) is 0.412. The van der Waals surface area contributed by atoms with Crippen molar-refractivity contribution in [3.8, 4) is 5.75 Å². The zero-order valence-electron chi connectivity index (χ0n) is 11.4. The van der Waals surface area contributed by atoms with Gasteiger partial charge in [-0.15, -0.1) is 11.3 Å². The highest BCUT2D eigenvalue weighted by atomic mass is 32.1. The van der Waals surface area contributed by atoms with Crippen molar-refractivity contribution in [3.05, 3.63) is 45.4 Å². The van der Waals surface area contributed by atoms with Crippen LogP contribution in [-0.2, 0) is 17.8 Å². The lowest BCUT2D eigenvalue weighted by Gasteiger charge is -2.05. The molecule has 2 rings (SSSR count). The third-order valence-electron chi connectivity index (χ3n) is 2.78. The van der Waals surface area contributed by atoms with E-state index in [1.54, 1.807) is 14.2 Å². The predicted molar refractivity (Wildman–Crippen MR) is 84.5 cm³/mol. The van der Waals surface area contributed by atoms with Gasteiger partial charge in [0.1, 0.15) is 10.7 Å². The largest absolute Gasteiger partial charge is 0.496 e. The Morgan fingerprint density at radius 1 is 1.35 bits per heavy atom.